The first-order valence-corrected chi connectivity index (χ1v) is 29.5. The Hall–Kier alpha value is -10.7. The fourth-order valence-electron chi connectivity index (χ4n) is 14.6. The number of rotatable bonds is 9. The van der Waals surface area contributed by atoms with E-state index in [1.54, 1.807) is 0 Å². The van der Waals surface area contributed by atoms with Gasteiger partial charge in [0.15, 0.2) is 0 Å². The molecule has 84 heavy (non-hydrogen) atoms. The Morgan fingerprint density at radius 3 is 0.810 bits per heavy atom. The lowest BCUT2D eigenvalue weighted by atomic mass is 9.79. The van der Waals surface area contributed by atoms with Gasteiger partial charge in [0.25, 0.3) is 0 Å². The molecule has 0 fully saturated rings. The van der Waals surface area contributed by atoms with Gasteiger partial charge in [0, 0.05) is 0 Å². The summed E-state index contributed by atoms with van der Waals surface area (Å²) in [6, 6.07) is 113. The summed E-state index contributed by atoms with van der Waals surface area (Å²) in [5.41, 5.74) is 33.3. The first-order chi connectivity index (χ1) is 41.7. The Labute approximate surface area is 490 Å². The van der Waals surface area contributed by atoms with Gasteiger partial charge in [0.2, 0.25) is 0 Å². The Bertz CT molecular complexity index is 4760. The molecule has 3 aliphatic rings. The van der Waals surface area contributed by atoms with Crippen molar-refractivity contribution in [1.29, 1.82) is 0 Å². The molecule has 0 bridgehead atoms. The molecule has 17 rings (SSSR count). The van der Waals surface area contributed by atoms with Crippen LogP contribution in [0.5, 0.6) is 0 Å². The molecule has 0 heterocycles. The van der Waals surface area contributed by atoms with Crippen LogP contribution in [-0.2, 0) is 0 Å². The third kappa shape index (κ3) is 7.61. The van der Waals surface area contributed by atoms with Crippen molar-refractivity contribution in [1.82, 2.24) is 0 Å². The summed E-state index contributed by atoms with van der Waals surface area (Å²) in [6.45, 7) is 0. The van der Waals surface area contributed by atoms with Crippen LogP contribution in [0.2, 0.25) is 0 Å². The van der Waals surface area contributed by atoms with E-state index in [1.807, 2.05) is 0 Å². The van der Waals surface area contributed by atoms with Crippen LogP contribution in [0.4, 0.5) is 0 Å². The molecule has 3 aliphatic carbocycles. The van der Waals surface area contributed by atoms with Gasteiger partial charge in [0.1, 0.15) is 0 Å². The van der Waals surface area contributed by atoms with Gasteiger partial charge in [-0.25, -0.2) is 0 Å². The molecule has 14 aromatic carbocycles. The van der Waals surface area contributed by atoms with E-state index in [0.29, 0.717) is 0 Å². The van der Waals surface area contributed by atoms with Crippen LogP contribution in [0.3, 0.4) is 0 Å². The van der Waals surface area contributed by atoms with E-state index in [4.69, 9.17) is 0 Å². The smallest absolute Gasteiger partial charge is 0.000741 e. The molecule has 0 N–H and O–H groups in total. The van der Waals surface area contributed by atoms with Crippen LogP contribution in [0.25, 0.3) is 155 Å². The molecule has 0 nitrogen and oxygen atoms in total. The van der Waals surface area contributed by atoms with Crippen molar-refractivity contribution in [2.45, 2.75) is 12.8 Å². The van der Waals surface area contributed by atoms with E-state index >= 15 is 0 Å². The maximum atomic E-state index is 2.46. The molecule has 0 aromatic heterocycles. The molecule has 390 valence electrons. The average molecular weight is 1060 g/mol. The second-order valence-corrected chi connectivity index (χ2v) is 22.8. The molecule has 0 saturated heterocycles. The van der Waals surface area contributed by atoms with Crippen LogP contribution >= 0.6 is 0 Å². The van der Waals surface area contributed by atoms with Gasteiger partial charge in [-0.3, -0.25) is 0 Å². The normalized spacial score (nSPS) is 13.0. The van der Waals surface area contributed by atoms with Crippen molar-refractivity contribution in [3.05, 3.63) is 326 Å². The first kappa shape index (κ1) is 48.1. The zero-order valence-electron chi connectivity index (χ0n) is 46.3. The van der Waals surface area contributed by atoms with Crippen molar-refractivity contribution in [3.63, 3.8) is 0 Å². The zero-order chi connectivity index (χ0) is 55.2. The third-order valence-corrected chi connectivity index (χ3v) is 18.4. The van der Waals surface area contributed by atoms with Gasteiger partial charge in [-0.05, 0) is 190 Å². The maximum absolute atomic E-state index is 2.46. The molecule has 0 amide bonds. The van der Waals surface area contributed by atoms with Crippen LogP contribution in [0.1, 0.15) is 35.1 Å². The second-order valence-electron chi connectivity index (χ2n) is 22.8. The lowest BCUT2D eigenvalue weighted by Crippen LogP contribution is -2.02. The van der Waals surface area contributed by atoms with E-state index < -0.39 is 0 Å². The highest BCUT2D eigenvalue weighted by molar-refractivity contribution is 6.35. The van der Waals surface area contributed by atoms with E-state index in [2.05, 4.69) is 303 Å². The Morgan fingerprint density at radius 2 is 0.417 bits per heavy atom. The fourth-order valence-corrected chi connectivity index (χ4v) is 14.6. The predicted octanol–water partition coefficient (Wildman–Crippen LogP) is 23.1. The minimum absolute atomic E-state index is 0.958. The Morgan fingerprint density at radius 1 is 0.155 bits per heavy atom. The van der Waals surface area contributed by atoms with Gasteiger partial charge < -0.3 is 0 Å². The van der Waals surface area contributed by atoms with E-state index in [9.17, 15) is 0 Å². The Kier molecular flexibility index (Phi) is 11.2. The summed E-state index contributed by atoms with van der Waals surface area (Å²) in [5, 5.41) is 7.73. The topological polar surface area (TPSA) is 0 Å². The lowest BCUT2D eigenvalue weighted by Gasteiger charge is -2.25. The monoisotopic (exact) mass is 1060 g/mol. The van der Waals surface area contributed by atoms with Gasteiger partial charge >= 0.3 is 0 Å². The van der Waals surface area contributed by atoms with Gasteiger partial charge in [0.05, 0.1) is 0 Å². The molecule has 0 saturated carbocycles. The molecule has 0 atom stereocenters. The maximum Gasteiger partial charge on any atom is -0.000741 e. The van der Waals surface area contributed by atoms with Crippen molar-refractivity contribution in [2.24, 2.45) is 0 Å². The van der Waals surface area contributed by atoms with Crippen LogP contribution < -0.4 is 0 Å². The number of benzene rings is 14. The highest BCUT2D eigenvalue weighted by Crippen LogP contribution is 2.61. The highest BCUT2D eigenvalue weighted by Gasteiger charge is 2.35. The third-order valence-electron chi connectivity index (χ3n) is 18.4. The molecule has 0 unspecified atom stereocenters. The largest absolute Gasteiger partial charge is 0.0622 e. The summed E-state index contributed by atoms with van der Waals surface area (Å²) in [6.07, 6.45) is 1.92. The van der Waals surface area contributed by atoms with Crippen LogP contribution in [-0.4, -0.2) is 0 Å². The summed E-state index contributed by atoms with van der Waals surface area (Å²) in [5.74, 6) is 0. The van der Waals surface area contributed by atoms with Crippen LogP contribution in [0, 0.1) is 0 Å². The molecule has 0 heteroatoms. The van der Waals surface area contributed by atoms with Gasteiger partial charge in [-0.15, -0.1) is 0 Å². The predicted molar refractivity (Wildman–Crippen MR) is 357 cm³/mol. The van der Waals surface area contributed by atoms with E-state index in [0.717, 1.165) is 12.8 Å². The SMILES string of the molecule is c1ccc(-c2ccc(C3=C4C(=C(c5ccc(-c6ccccc6)cc5)CC3)c3ccc(-c5ccc6c7c(cccc57)-c5c-6c(-c6ccc(-c7ccccc7)cc6)c6ccccc6c5-c5ccc(-c6ccccc6)cc5)c5cccc4c35)cc2)cc1. The summed E-state index contributed by atoms with van der Waals surface area (Å²) < 4.78 is 0. The van der Waals surface area contributed by atoms with Gasteiger partial charge in [-0.2, -0.15) is 0 Å². The molecule has 0 spiro atoms. The molecular formula is C84H54. The lowest BCUT2D eigenvalue weighted by molar-refractivity contribution is 1.08. The minimum Gasteiger partial charge on any atom is -0.0622 e. The first-order valence-electron chi connectivity index (χ1n) is 29.5. The molecule has 14 aromatic rings. The van der Waals surface area contributed by atoms with Crippen molar-refractivity contribution in [2.75, 3.05) is 0 Å². The summed E-state index contributed by atoms with van der Waals surface area (Å²) in [4.78, 5) is 0. The molecular weight excluding hydrogens is 1010 g/mol. The van der Waals surface area contributed by atoms with Crippen molar-refractivity contribution >= 4 is 54.6 Å². The summed E-state index contributed by atoms with van der Waals surface area (Å²) in [7, 11) is 0. The minimum atomic E-state index is 0.958. The number of allylic oxidation sites excluding steroid dienone is 4. The number of hydrogen-bond acceptors (Lipinski definition) is 0. The van der Waals surface area contributed by atoms with E-state index in [-0.39, 0.29) is 0 Å². The number of hydrogen-bond donors (Lipinski definition) is 0. The highest BCUT2D eigenvalue weighted by atomic mass is 14.4. The van der Waals surface area contributed by atoms with Crippen molar-refractivity contribution < 1.29 is 0 Å². The fraction of sp³-hybridized carbons (Fsp3) is 0.0238. The number of fused-ring (bicyclic) bond motifs is 7. The molecule has 0 aliphatic heterocycles. The Balaban J connectivity index is 0.870. The van der Waals surface area contributed by atoms with Crippen molar-refractivity contribution in [3.8, 4) is 100 Å². The quantitative estimate of drug-likeness (QED) is 0.135. The van der Waals surface area contributed by atoms with Crippen LogP contribution in [0.15, 0.2) is 303 Å². The average Bonchev–Trinajstić information content (AvgIpc) is 1.65. The van der Waals surface area contributed by atoms with E-state index in [1.165, 1.54) is 177 Å². The standard InChI is InChI=1S/C84H54/c1-5-17-53(18-6-1)57-31-39-61(40-32-57)65-47-48-66(62-41-33-58(34-42-62)54-19-7-2-8-20-54)82-75-51-49-67(69-27-15-29-73(79(69)75)81(65)82)68-50-52-76-80-70(68)28-16-30-74(80)83-77(63-43-35-59(36-44-63)55-21-9-3-10-22-55)71-25-13-14-26-72(71)78(84(76)83)64-45-37-60(38-46-64)56-23-11-4-12-24-56/h1-46,49-52H,47-48H2. The zero-order valence-corrected chi connectivity index (χ0v) is 46.3. The second kappa shape index (κ2) is 19.5. The van der Waals surface area contributed by atoms with Gasteiger partial charge in [-0.1, -0.05) is 303 Å². The summed E-state index contributed by atoms with van der Waals surface area (Å²) >= 11 is 0. The molecule has 0 radical (unpaired) electrons.